The first-order valence-electron chi connectivity index (χ1n) is 5.97. The number of rotatable bonds is 3. The number of carbonyl (C=O) groups excluding carboxylic acids is 1. The average Bonchev–Trinajstić information content (AvgIpc) is 2.16. The topological polar surface area (TPSA) is 26.3 Å². The van der Waals surface area contributed by atoms with Crippen molar-refractivity contribution >= 4 is 5.97 Å². The lowest BCUT2D eigenvalue weighted by atomic mass is 9.75. The predicted octanol–water partition coefficient (Wildman–Crippen LogP) is 3.47. The van der Waals surface area contributed by atoms with Crippen molar-refractivity contribution in [2.24, 2.45) is 17.8 Å². The van der Waals surface area contributed by atoms with Gasteiger partial charge < -0.3 is 4.74 Å². The molecule has 92 valence electrons. The van der Waals surface area contributed by atoms with Gasteiger partial charge in [-0.1, -0.05) is 33.8 Å². The molecule has 16 heavy (non-hydrogen) atoms. The lowest BCUT2D eigenvalue weighted by Crippen LogP contribution is -2.35. The van der Waals surface area contributed by atoms with Crippen LogP contribution in [0.2, 0.25) is 0 Å². The molecule has 0 aliphatic heterocycles. The van der Waals surface area contributed by atoms with Gasteiger partial charge in [0.05, 0.1) is 0 Å². The van der Waals surface area contributed by atoms with Gasteiger partial charge in [-0.25, -0.2) is 4.79 Å². The monoisotopic (exact) mass is 228 g/mol. The van der Waals surface area contributed by atoms with E-state index in [1.165, 1.54) is 0 Å². The minimum atomic E-state index is -0.999. The fraction of sp³-hybridized carbons (Fsp3) is 0.769. The fourth-order valence-corrected chi connectivity index (χ4v) is 2.45. The molecular formula is C13H21FO2. The number of esters is 1. The second kappa shape index (κ2) is 5.46. The van der Waals surface area contributed by atoms with E-state index in [4.69, 9.17) is 4.74 Å². The summed E-state index contributed by atoms with van der Waals surface area (Å²) >= 11 is 0. The molecule has 3 atom stereocenters. The van der Waals surface area contributed by atoms with E-state index in [1.54, 1.807) is 0 Å². The summed E-state index contributed by atoms with van der Waals surface area (Å²) in [6.45, 7) is 9.34. The molecule has 2 nitrogen and oxygen atoms in total. The molecule has 0 radical (unpaired) electrons. The van der Waals surface area contributed by atoms with Crippen molar-refractivity contribution in [2.75, 3.05) is 0 Å². The Kier molecular flexibility index (Phi) is 4.51. The molecule has 0 aromatic heterocycles. The fourth-order valence-electron chi connectivity index (χ4n) is 2.45. The summed E-state index contributed by atoms with van der Waals surface area (Å²) in [5.41, 5.74) is 0. The van der Waals surface area contributed by atoms with Crippen LogP contribution >= 0.6 is 0 Å². The third-order valence-electron chi connectivity index (χ3n) is 3.44. The summed E-state index contributed by atoms with van der Waals surface area (Å²) in [6.07, 6.45) is 2.90. The Morgan fingerprint density at radius 2 is 2.06 bits per heavy atom. The van der Waals surface area contributed by atoms with Crippen molar-refractivity contribution in [1.29, 1.82) is 0 Å². The molecule has 3 unspecified atom stereocenters. The minimum absolute atomic E-state index is 0.149. The van der Waals surface area contributed by atoms with Crippen LogP contribution in [0.5, 0.6) is 0 Å². The van der Waals surface area contributed by atoms with Gasteiger partial charge in [0.1, 0.15) is 6.10 Å². The van der Waals surface area contributed by atoms with Gasteiger partial charge in [0.25, 0.3) is 0 Å². The second-order valence-electron chi connectivity index (χ2n) is 5.17. The summed E-state index contributed by atoms with van der Waals surface area (Å²) in [4.78, 5) is 11.2. The van der Waals surface area contributed by atoms with Crippen LogP contribution in [0, 0.1) is 17.8 Å². The van der Waals surface area contributed by atoms with Gasteiger partial charge in [0.15, 0.2) is 0 Å². The van der Waals surface area contributed by atoms with E-state index in [0.717, 1.165) is 19.3 Å². The standard InChI is InChI=1S/C13H21FO2/c1-8(2)11-6-5-9(3)7-12(11)16-13(15)10(4)14/h8-9,11-12H,4-7H2,1-3H3. The van der Waals surface area contributed by atoms with Crippen LogP contribution in [-0.2, 0) is 9.53 Å². The number of ether oxygens (including phenoxy) is 1. The molecule has 0 amide bonds. The first-order valence-corrected chi connectivity index (χ1v) is 5.97. The number of hydrogen-bond donors (Lipinski definition) is 0. The highest BCUT2D eigenvalue weighted by atomic mass is 19.1. The first kappa shape index (κ1) is 13.2. The Bertz CT molecular complexity index is 273. The lowest BCUT2D eigenvalue weighted by Gasteiger charge is -2.36. The predicted molar refractivity (Wildman–Crippen MR) is 61.5 cm³/mol. The number of halogens is 1. The van der Waals surface area contributed by atoms with Gasteiger partial charge >= 0.3 is 5.97 Å². The minimum Gasteiger partial charge on any atom is -0.457 e. The van der Waals surface area contributed by atoms with Crippen molar-refractivity contribution in [3.8, 4) is 0 Å². The van der Waals surface area contributed by atoms with E-state index in [-0.39, 0.29) is 6.10 Å². The zero-order valence-corrected chi connectivity index (χ0v) is 10.3. The van der Waals surface area contributed by atoms with Gasteiger partial charge in [0, 0.05) is 0 Å². The number of carbonyl (C=O) groups is 1. The van der Waals surface area contributed by atoms with Crippen LogP contribution in [0.4, 0.5) is 4.39 Å². The molecule has 0 spiro atoms. The first-order chi connectivity index (χ1) is 7.41. The summed E-state index contributed by atoms with van der Waals surface area (Å²) in [7, 11) is 0. The molecule has 0 saturated heterocycles. The maximum atomic E-state index is 12.6. The third-order valence-corrected chi connectivity index (χ3v) is 3.44. The Morgan fingerprint density at radius 3 is 2.56 bits per heavy atom. The lowest BCUT2D eigenvalue weighted by molar-refractivity contribution is -0.152. The van der Waals surface area contributed by atoms with Crippen molar-refractivity contribution in [3.63, 3.8) is 0 Å². The van der Waals surface area contributed by atoms with Crippen molar-refractivity contribution in [3.05, 3.63) is 12.4 Å². The molecule has 1 rings (SSSR count). The van der Waals surface area contributed by atoms with E-state index in [1.807, 2.05) is 0 Å². The second-order valence-corrected chi connectivity index (χ2v) is 5.17. The Morgan fingerprint density at radius 1 is 1.44 bits per heavy atom. The average molecular weight is 228 g/mol. The van der Waals surface area contributed by atoms with E-state index in [0.29, 0.717) is 17.8 Å². The molecule has 0 aromatic carbocycles. The molecule has 1 aliphatic rings. The quantitative estimate of drug-likeness (QED) is 0.546. The van der Waals surface area contributed by atoms with E-state index < -0.39 is 11.8 Å². The van der Waals surface area contributed by atoms with Gasteiger partial charge in [0.2, 0.25) is 5.83 Å². The van der Waals surface area contributed by atoms with Crippen LogP contribution in [0.15, 0.2) is 12.4 Å². The van der Waals surface area contributed by atoms with Crippen LogP contribution < -0.4 is 0 Å². The molecule has 0 N–H and O–H groups in total. The van der Waals surface area contributed by atoms with E-state index in [9.17, 15) is 9.18 Å². The molecule has 1 fully saturated rings. The Labute approximate surface area is 96.9 Å². The highest BCUT2D eigenvalue weighted by Crippen LogP contribution is 2.35. The van der Waals surface area contributed by atoms with Crippen molar-refractivity contribution in [2.45, 2.75) is 46.1 Å². The van der Waals surface area contributed by atoms with Crippen LogP contribution in [-0.4, -0.2) is 12.1 Å². The normalized spacial score (nSPS) is 30.2. The highest BCUT2D eigenvalue weighted by Gasteiger charge is 2.33. The molecule has 0 bridgehead atoms. The van der Waals surface area contributed by atoms with Crippen LogP contribution in [0.1, 0.15) is 40.0 Å². The molecule has 0 aromatic rings. The summed E-state index contributed by atoms with van der Waals surface area (Å²) in [5.74, 6) is -0.552. The van der Waals surface area contributed by atoms with Gasteiger partial charge in [-0.2, -0.15) is 4.39 Å². The summed E-state index contributed by atoms with van der Waals surface area (Å²) in [5, 5.41) is 0. The third kappa shape index (κ3) is 3.32. The highest BCUT2D eigenvalue weighted by molar-refractivity contribution is 5.85. The smallest absolute Gasteiger partial charge is 0.366 e. The van der Waals surface area contributed by atoms with Gasteiger partial charge in [-0.3, -0.25) is 0 Å². The Balaban J connectivity index is 2.64. The van der Waals surface area contributed by atoms with Crippen molar-refractivity contribution < 1.29 is 13.9 Å². The summed E-state index contributed by atoms with van der Waals surface area (Å²) in [6, 6.07) is 0. The van der Waals surface area contributed by atoms with Crippen LogP contribution in [0.25, 0.3) is 0 Å². The maximum Gasteiger partial charge on any atom is 0.366 e. The van der Waals surface area contributed by atoms with Crippen LogP contribution in [0.3, 0.4) is 0 Å². The number of hydrogen-bond acceptors (Lipinski definition) is 2. The molecule has 1 aliphatic carbocycles. The van der Waals surface area contributed by atoms with Gasteiger partial charge in [-0.15, -0.1) is 0 Å². The SMILES string of the molecule is C=C(F)C(=O)OC1CC(C)CCC1C(C)C. The van der Waals surface area contributed by atoms with E-state index in [2.05, 4.69) is 27.4 Å². The molecule has 3 heteroatoms. The van der Waals surface area contributed by atoms with Gasteiger partial charge in [-0.05, 0) is 30.6 Å². The zero-order chi connectivity index (χ0) is 12.3. The van der Waals surface area contributed by atoms with Crippen molar-refractivity contribution in [1.82, 2.24) is 0 Å². The molecular weight excluding hydrogens is 207 g/mol. The summed E-state index contributed by atoms with van der Waals surface area (Å²) < 4.78 is 17.8. The zero-order valence-electron chi connectivity index (χ0n) is 10.3. The van der Waals surface area contributed by atoms with E-state index >= 15 is 0 Å². The largest absolute Gasteiger partial charge is 0.457 e. The molecule has 0 heterocycles. The Hall–Kier alpha value is -0.860. The molecule has 1 saturated carbocycles. The maximum absolute atomic E-state index is 12.6.